The minimum Gasteiger partial charge on any atom is -0.237 e. The van der Waals surface area contributed by atoms with Gasteiger partial charge in [0, 0.05) is 43.0 Å². The highest BCUT2D eigenvalue weighted by atomic mass is 32.1. The van der Waals surface area contributed by atoms with E-state index < -0.39 is 0 Å². The fourth-order valence-corrected chi connectivity index (χ4v) is 8.96. The van der Waals surface area contributed by atoms with Gasteiger partial charge in [-0.3, -0.25) is 0 Å². The fraction of sp³-hybridized carbons (Fsp3) is 0.0652. The van der Waals surface area contributed by atoms with Gasteiger partial charge < -0.3 is 0 Å². The van der Waals surface area contributed by atoms with Crippen molar-refractivity contribution in [3.63, 3.8) is 0 Å². The highest BCUT2D eigenvalue weighted by molar-refractivity contribution is 7.25. The van der Waals surface area contributed by atoms with Crippen molar-refractivity contribution in [1.29, 1.82) is 0 Å². The van der Waals surface area contributed by atoms with E-state index in [0.717, 1.165) is 60.8 Å². The summed E-state index contributed by atoms with van der Waals surface area (Å²) in [4.78, 5) is 16.5. The number of nitrogens with zero attached hydrogens (tertiary/aromatic N) is 3. The van der Waals surface area contributed by atoms with Crippen LogP contribution in [0.5, 0.6) is 0 Å². The molecular weight excluding hydrogens is 627 g/mol. The molecule has 50 heavy (non-hydrogen) atoms. The van der Waals surface area contributed by atoms with E-state index in [1.807, 2.05) is 18.2 Å². The molecule has 0 aliphatic heterocycles. The monoisotopic (exact) mass is 657 g/mol. The summed E-state index contributed by atoms with van der Waals surface area (Å²) in [6.45, 7) is 4.70. The number of hydrogen-bond acceptors (Lipinski definition) is 4. The second-order valence-corrected chi connectivity index (χ2v) is 14.6. The largest absolute Gasteiger partial charge is 0.237 e. The van der Waals surface area contributed by atoms with Crippen molar-refractivity contribution in [2.45, 2.75) is 19.3 Å². The third kappa shape index (κ3) is 4.38. The van der Waals surface area contributed by atoms with Crippen LogP contribution in [0.1, 0.15) is 25.0 Å². The number of benzene rings is 6. The molecule has 6 aromatic carbocycles. The Kier molecular flexibility index (Phi) is 6.39. The lowest BCUT2D eigenvalue weighted by Crippen LogP contribution is -2.16. The maximum atomic E-state index is 5.44. The van der Waals surface area contributed by atoms with Crippen LogP contribution in [0.2, 0.25) is 0 Å². The Hall–Kier alpha value is -5.97. The van der Waals surface area contributed by atoms with Gasteiger partial charge in [0.25, 0.3) is 0 Å². The van der Waals surface area contributed by atoms with Gasteiger partial charge in [-0.05, 0) is 45.5 Å². The van der Waals surface area contributed by atoms with Gasteiger partial charge >= 0.3 is 0 Å². The Balaban J connectivity index is 1.05. The zero-order chi connectivity index (χ0) is 33.4. The average Bonchev–Trinajstić information content (AvgIpc) is 3.66. The first-order valence-corrected chi connectivity index (χ1v) is 17.9. The molecule has 0 unspecified atom stereocenters. The summed E-state index contributed by atoms with van der Waals surface area (Å²) in [7, 11) is 0. The number of aromatic nitrogens is 3. The van der Waals surface area contributed by atoms with E-state index in [1.54, 1.807) is 11.3 Å². The van der Waals surface area contributed by atoms with Crippen molar-refractivity contribution in [3.8, 4) is 56.2 Å². The predicted molar refractivity (Wildman–Crippen MR) is 210 cm³/mol. The minimum atomic E-state index is -0.175. The molecule has 0 spiro atoms. The molecule has 236 valence electrons. The summed E-state index contributed by atoms with van der Waals surface area (Å²) in [5.74, 6) is 0.727. The highest BCUT2D eigenvalue weighted by Crippen LogP contribution is 2.56. The lowest BCUT2D eigenvalue weighted by molar-refractivity contribution is 0.660. The maximum absolute atomic E-state index is 5.44. The summed E-state index contributed by atoms with van der Waals surface area (Å²) in [6.07, 6.45) is 0. The van der Waals surface area contributed by atoms with Crippen LogP contribution in [0, 0.1) is 0 Å². The van der Waals surface area contributed by atoms with Crippen LogP contribution in [0.25, 0.3) is 87.4 Å². The zero-order valence-corrected chi connectivity index (χ0v) is 28.5. The molecule has 0 saturated carbocycles. The lowest BCUT2D eigenvalue weighted by atomic mass is 9.80. The normalized spacial score (nSPS) is 13.2. The molecule has 0 fully saturated rings. The summed E-state index contributed by atoms with van der Waals surface area (Å²) in [5.41, 5.74) is 13.7. The van der Waals surface area contributed by atoms with Crippen molar-refractivity contribution in [2.24, 2.45) is 0 Å². The molecule has 0 atom stereocenters. The Labute approximate surface area is 294 Å². The van der Waals surface area contributed by atoms with Gasteiger partial charge in [-0.25, -0.2) is 15.0 Å². The summed E-state index contributed by atoms with van der Waals surface area (Å²) < 4.78 is 1.28. The molecule has 1 aliphatic carbocycles. The van der Waals surface area contributed by atoms with Crippen molar-refractivity contribution >= 4 is 42.5 Å². The van der Waals surface area contributed by atoms with Gasteiger partial charge in [-0.1, -0.05) is 153 Å². The first-order chi connectivity index (χ1) is 24.5. The smallest absolute Gasteiger partial charge is 0.160 e. The predicted octanol–water partition coefficient (Wildman–Crippen LogP) is 12.4. The SMILES string of the molecule is CC1(C)c2ccccc2-c2c1c(-c1ccc(-c3ccc(-c4nc(-c5ccccc5)c5ccccc5n4)cc3)cc1)nc1sc3ccccc3c21. The maximum Gasteiger partial charge on any atom is 0.160 e. The molecule has 4 heteroatoms. The van der Waals surface area contributed by atoms with E-state index in [-0.39, 0.29) is 5.41 Å². The molecule has 9 aromatic rings. The van der Waals surface area contributed by atoms with Crippen LogP contribution >= 0.6 is 11.3 Å². The van der Waals surface area contributed by atoms with E-state index in [0.29, 0.717) is 0 Å². The molecular formula is C46H31N3S. The standard InChI is InChI=1S/C46H31N3S/c1-46(2)36-17-9-6-14-33(36)39-40-35-16-8-11-19-38(35)50-45(40)49-43(41(39)46)31-24-20-28(21-25-31)29-22-26-32(27-23-29)44-47-37-18-10-7-15-34(37)42(48-44)30-12-4-3-5-13-30/h3-27H,1-2H3. The zero-order valence-electron chi connectivity index (χ0n) is 27.7. The van der Waals surface area contributed by atoms with Crippen molar-refractivity contribution < 1.29 is 0 Å². The van der Waals surface area contributed by atoms with Gasteiger partial charge in [0.1, 0.15) is 4.83 Å². The first-order valence-electron chi connectivity index (χ1n) is 17.0. The van der Waals surface area contributed by atoms with Gasteiger partial charge in [-0.2, -0.15) is 0 Å². The number of fused-ring (bicyclic) bond motifs is 8. The number of thiophene rings is 1. The summed E-state index contributed by atoms with van der Waals surface area (Å²) in [5, 5.41) is 3.63. The minimum absolute atomic E-state index is 0.175. The van der Waals surface area contributed by atoms with Gasteiger partial charge in [0.15, 0.2) is 5.82 Å². The molecule has 10 rings (SSSR count). The van der Waals surface area contributed by atoms with E-state index in [4.69, 9.17) is 15.0 Å². The molecule has 0 N–H and O–H groups in total. The van der Waals surface area contributed by atoms with E-state index in [2.05, 4.69) is 147 Å². The molecule has 0 amide bonds. The van der Waals surface area contributed by atoms with Crippen LogP contribution < -0.4 is 0 Å². The van der Waals surface area contributed by atoms with Crippen molar-refractivity contribution in [1.82, 2.24) is 15.0 Å². The second kappa shape index (κ2) is 11.0. The van der Waals surface area contributed by atoms with Gasteiger partial charge in [0.2, 0.25) is 0 Å². The molecule has 0 saturated heterocycles. The number of rotatable bonds is 4. The summed E-state index contributed by atoms with van der Waals surface area (Å²) >= 11 is 1.79. The number of hydrogen-bond donors (Lipinski definition) is 0. The summed E-state index contributed by atoms with van der Waals surface area (Å²) in [6, 6.07) is 53.8. The van der Waals surface area contributed by atoms with E-state index in [9.17, 15) is 0 Å². The topological polar surface area (TPSA) is 38.7 Å². The number of para-hydroxylation sites is 1. The molecule has 0 bridgehead atoms. The Morgan fingerprint density at radius 2 is 1.08 bits per heavy atom. The second-order valence-electron chi connectivity index (χ2n) is 13.6. The van der Waals surface area contributed by atoms with Crippen LogP contribution in [0.4, 0.5) is 0 Å². The van der Waals surface area contributed by atoms with Crippen molar-refractivity contribution in [2.75, 3.05) is 0 Å². The Bertz CT molecular complexity index is 2760. The van der Waals surface area contributed by atoms with Crippen LogP contribution in [-0.2, 0) is 5.41 Å². The van der Waals surface area contributed by atoms with Crippen LogP contribution in [0.3, 0.4) is 0 Å². The quantitative estimate of drug-likeness (QED) is 0.189. The first kappa shape index (κ1) is 29.0. The van der Waals surface area contributed by atoms with Crippen LogP contribution in [0.15, 0.2) is 152 Å². The molecule has 3 aromatic heterocycles. The van der Waals surface area contributed by atoms with Gasteiger partial charge in [0.05, 0.1) is 16.9 Å². The van der Waals surface area contributed by atoms with E-state index in [1.165, 1.54) is 37.7 Å². The Morgan fingerprint density at radius 1 is 0.480 bits per heavy atom. The van der Waals surface area contributed by atoms with Crippen molar-refractivity contribution in [3.05, 3.63) is 163 Å². The highest BCUT2D eigenvalue weighted by Gasteiger charge is 2.40. The molecule has 1 aliphatic rings. The lowest BCUT2D eigenvalue weighted by Gasteiger charge is -2.24. The van der Waals surface area contributed by atoms with Crippen LogP contribution in [-0.4, -0.2) is 15.0 Å². The average molecular weight is 658 g/mol. The number of pyridine rings is 1. The van der Waals surface area contributed by atoms with E-state index >= 15 is 0 Å². The third-order valence-electron chi connectivity index (χ3n) is 10.3. The molecule has 3 nitrogen and oxygen atoms in total. The molecule has 0 radical (unpaired) electrons. The Morgan fingerprint density at radius 3 is 1.86 bits per heavy atom. The third-order valence-corrected chi connectivity index (χ3v) is 11.4. The fourth-order valence-electron chi connectivity index (χ4n) is 7.88. The van der Waals surface area contributed by atoms with Gasteiger partial charge in [-0.15, -0.1) is 11.3 Å². The molecule has 3 heterocycles.